The van der Waals surface area contributed by atoms with Gasteiger partial charge in [0.1, 0.15) is 11.2 Å². The van der Waals surface area contributed by atoms with Gasteiger partial charge in [-0.2, -0.15) is 0 Å². The van der Waals surface area contributed by atoms with Crippen molar-refractivity contribution in [2.24, 2.45) is 0 Å². The Morgan fingerprint density at radius 1 is 1.62 bits per heavy atom. The van der Waals surface area contributed by atoms with E-state index in [9.17, 15) is 9.18 Å². The van der Waals surface area contributed by atoms with Crippen LogP contribution in [0.25, 0.3) is 0 Å². The van der Waals surface area contributed by atoms with Crippen molar-refractivity contribution in [1.82, 2.24) is 4.98 Å². The first kappa shape index (κ1) is 8.16. The van der Waals surface area contributed by atoms with Gasteiger partial charge in [0.25, 0.3) is 0 Å². The molecule has 1 aromatic rings. The van der Waals surface area contributed by atoms with Crippen LogP contribution in [0.2, 0.25) is 0 Å². The number of carboxylic acids is 1. The number of hydrogen-bond donors (Lipinski definition) is 1. The second kappa shape index (κ2) is 2.52. The summed E-state index contributed by atoms with van der Waals surface area (Å²) in [4.78, 5) is 14.6. The van der Waals surface area contributed by atoms with Crippen molar-refractivity contribution in [1.29, 1.82) is 0 Å². The van der Waals surface area contributed by atoms with E-state index >= 15 is 0 Å². The van der Waals surface area contributed by atoms with Gasteiger partial charge in [0.2, 0.25) is 0 Å². The third-order valence-electron chi connectivity index (χ3n) is 2.37. The highest BCUT2D eigenvalue weighted by Crippen LogP contribution is 2.48. The molecule has 1 N–H and O–H groups in total. The van der Waals surface area contributed by atoms with Crippen LogP contribution in [0, 0.1) is 5.82 Å². The number of rotatable bonds is 2. The van der Waals surface area contributed by atoms with Gasteiger partial charge >= 0.3 is 5.97 Å². The molecule has 1 saturated carbocycles. The lowest BCUT2D eigenvalue weighted by atomic mass is 10.0. The number of carbonyl (C=O) groups is 1. The van der Waals surface area contributed by atoms with Crippen LogP contribution in [0.5, 0.6) is 0 Å². The molecule has 0 bridgehead atoms. The number of aliphatic carboxylic acids is 1. The Morgan fingerprint density at radius 3 is 2.77 bits per heavy atom. The van der Waals surface area contributed by atoms with Crippen molar-refractivity contribution in [3.63, 3.8) is 0 Å². The fourth-order valence-electron chi connectivity index (χ4n) is 1.41. The number of hydrogen-bond acceptors (Lipinski definition) is 2. The number of pyridine rings is 1. The second-order valence-electron chi connectivity index (χ2n) is 3.22. The molecule has 0 spiro atoms. The van der Waals surface area contributed by atoms with Gasteiger partial charge in [0.05, 0.1) is 5.69 Å². The number of nitrogens with zero attached hydrogens (tertiary/aromatic N) is 1. The first-order valence-electron chi connectivity index (χ1n) is 4.01. The molecule has 0 aliphatic heterocycles. The van der Waals surface area contributed by atoms with Crippen molar-refractivity contribution in [2.75, 3.05) is 0 Å². The van der Waals surface area contributed by atoms with Crippen molar-refractivity contribution >= 4 is 5.97 Å². The Bertz CT molecular complexity index is 360. The Kier molecular flexibility index (Phi) is 1.58. The average Bonchev–Trinajstić information content (AvgIpc) is 2.85. The van der Waals surface area contributed by atoms with Crippen molar-refractivity contribution in [3.8, 4) is 0 Å². The lowest BCUT2D eigenvalue weighted by molar-refractivity contribution is -0.140. The van der Waals surface area contributed by atoms with Gasteiger partial charge in [-0.25, -0.2) is 4.39 Å². The fraction of sp³-hybridized carbons (Fsp3) is 0.333. The number of carboxylic acid groups (broad SMARTS) is 1. The van der Waals surface area contributed by atoms with E-state index in [0.717, 1.165) is 0 Å². The Labute approximate surface area is 74.2 Å². The number of aromatic nitrogens is 1. The normalized spacial score (nSPS) is 18.2. The van der Waals surface area contributed by atoms with E-state index in [-0.39, 0.29) is 5.69 Å². The summed E-state index contributed by atoms with van der Waals surface area (Å²) in [6, 6.07) is 2.70. The molecule has 0 unspecified atom stereocenters. The zero-order valence-corrected chi connectivity index (χ0v) is 6.83. The predicted molar refractivity (Wildman–Crippen MR) is 42.7 cm³/mol. The van der Waals surface area contributed by atoms with Gasteiger partial charge in [-0.3, -0.25) is 9.78 Å². The highest BCUT2D eigenvalue weighted by Gasteiger charge is 2.54. The topological polar surface area (TPSA) is 50.2 Å². The minimum absolute atomic E-state index is 0.0718. The maximum absolute atomic E-state index is 13.2. The van der Waals surface area contributed by atoms with Gasteiger partial charge in [-0.05, 0) is 25.0 Å². The maximum atomic E-state index is 13.2. The molecule has 0 aromatic carbocycles. The molecule has 0 amide bonds. The van der Waals surface area contributed by atoms with Crippen molar-refractivity contribution in [3.05, 3.63) is 29.8 Å². The zero-order chi connectivity index (χ0) is 9.47. The minimum Gasteiger partial charge on any atom is -0.481 e. The molecule has 1 heterocycles. The standard InChI is InChI=1S/C9H8FNO2/c10-6-2-1-5-11-7(6)9(3-4-9)8(12)13/h1-2,5H,3-4H2,(H,12,13). The molecule has 1 aliphatic carbocycles. The van der Waals surface area contributed by atoms with Crippen LogP contribution < -0.4 is 0 Å². The molecule has 13 heavy (non-hydrogen) atoms. The van der Waals surface area contributed by atoms with Crippen LogP contribution in [0.15, 0.2) is 18.3 Å². The summed E-state index contributed by atoms with van der Waals surface area (Å²) in [7, 11) is 0. The van der Waals surface area contributed by atoms with E-state index in [4.69, 9.17) is 5.11 Å². The zero-order valence-electron chi connectivity index (χ0n) is 6.83. The van der Waals surface area contributed by atoms with Crippen LogP contribution >= 0.6 is 0 Å². The molecule has 0 saturated heterocycles. The van der Waals surface area contributed by atoms with E-state index in [1.54, 1.807) is 0 Å². The van der Waals surface area contributed by atoms with Crippen LogP contribution in [0.3, 0.4) is 0 Å². The number of halogens is 1. The molecular weight excluding hydrogens is 173 g/mol. The van der Waals surface area contributed by atoms with Gasteiger partial charge in [0.15, 0.2) is 0 Å². The minimum atomic E-state index is -1.04. The molecule has 0 atom stereocenters. The molecule has 4 heteroatoms. The summed E-state index contributed by atoms with van der Waals surface area (Å²) in [5.74, 6) is -1.51. The highest BCUT2D eigenvalue weighted by atomic mass is 19.1. The van der Waals surface area contributed by atoms with Gasteiger partial charge in [-0.1, -0.05) is 0 Å². The summed E-state index contributed by atoms with van der Waals surface area (Å²) in [5, 5.41) is 8.87. The van der Waals surface area contributed by atoms with E-state index in [1.165, 1.54) is 18.3 Å². The Hall–Kier alpha value is -1.45. The smallest absolute Gasteiger partial charge is 0.315 e. The predicted octanol–water partition coefficient (Wildman–Crippen LogP) is 1.34. The van der Waals surface area contributed by atoms with Gasteiger partial charge in [-0.15, -0.1) is 0 Å². The van der Waals surface area contributed by atoms with E-state index in [1.807, 2.05) is 0 Å². The summed E-state index contributed by atoms with van der Waals surface area (Å²) >= 11 is 0. The summed E-state index contributed by atoms with van der Waals surface area (Å²) in [6.45, 7) is 0. The SMILES string of the molecule is O=C(O)C1(c2ncccc2F)CC1. The molecule has 3 nitrogen and oxygen atoms in total. The molecule has 1 aromatic heterocycles. The molecular formula is C9H8FNO2. The molecule has 1 fully saturated rings. The Morgan fingerprint density at radius 2 is 2.31 bits per heavy atom. The fourth-order valence-corrected chi connectivity index (χ4v) is 1.41. The third-order valence-corrected chi connectivity index (χ3v) is 2.37. The summed E-state index contributed by atoms with van der Waals surface area (Å²) < 4.78 is 13.2. The molecule has 1 aliphatic rings. The average molecular weight is 181 g/mol. The quantitative estimate of drug-likeness (QED) is 0.748. The van der Waals surface area contributed by atoms with Crippen LogP contribution in [0.1, 0.15) is 18.5 Å². The second-order valence-corrected chi connectivity index (χ2v) is 3.22. The van der Waals surface area contributed by atoms with E-state index in [2.05, 4.69) is 4.98 Å². The van der Waals surface area contributed by atoms with Gasteiger partial charge in [0, 0.05) is 6.20 Å². The van der Waals surface area contributed by atoms with Crippen LogP contribution in [0.4, 0.5) is 4.39 Å². The molecule has 2 rings (SSSR count). The molecule has 0 radical (unpaired) electrons. The highest BCUT2D eigenvalue weighted by molar-refractivity contribution is 5.84. The lowest BCUT2D eigenvalue weighted by Gasteiger charge is -2.08. The van der Waals surface area contributed by atoms with Crippen LogP contribution in [-0.4, -0.2) is 16.1 Å². The maximum Gasteiger partial charge on any atom is 0.315 e. The first-order valence-corrected chi connectivity index (χ1v) is 4.01. The largest absolute Gasteiger partial charge is 0.481 e. The molecule has 68 valence electrons. The van der Waals surface area contributed by atoms with Crippen molar-refractivity contribution in [2.45, 2.75) is 18.3 Å². The van der Waals surface area contributed by atoms with E-state index < -0.39 is 17.2 Å². The summed E-state index contributed by atoms with van der Waals surface area (Å²) in [6.07, 6.45) is 2.38. The van der Waals surface area contributed by atoms with Crippen LogP contribution in [-0.2, 0) is 10.2 Å². The van der Waals surface area contributed by atoms with E-state index in [0.29, 0.717) is 12.8 Å². The van der Waals surface area contributed by atoms with Crippen molar-refractivity contribution < 1.29 is 14.3 Å². The summed E-state index contributed by atoms with van der Waals surface area (Å²) in [5.41, 5.74) is -0.965. The lowest BCUT2D eigenvalue weighted by Crippen LogP contribution is -2.22. The monoisotopic (exact) mass is 181 g/mol. The van der Waals surface area contributed by atoms with Gasteiger partial charge < -0.3 is 5.11 Å². The first-order chi connectivity index (χ1) is 6.17. The third kappa shape index (κ3) is 1.09. The Balaban J connectivity index is 2.47.